The third kappa shape index (κ3) is 3.45. The predicted octanol–water partition coefficient (Wildman–Crippen LogP) is 3.70. The van der Waals surface area contributed by atoms with E-state index in [1.54, 1.807) is 18.4 Å². The molecule has 0 aliphatic heterocycles. The van der Waals surface area contributed by atoms with Gasteiger partial charge in [-0.15, -0.1) is 11.3 Å². The summed E-state index contributed by atoms with van der Waals surface area (Å²) in [7, 11) is 0. The summed E-state index contributed by atoms with van der Waals surface area (Å²) in [6, 6.07) is 7.29. The Kier molecular flexibility index (Phi) is 4.58. The lowest BCUT2D eigenvalue weighted by atomic mass is 10.3. The molecule has 0 radical (unpaired) electrons. The lowest BCUT2D eigenvalue weighted by Gasteiger charge is -2.17. The molecule has 0 aliphatic rings. The Hall–Kier alpha value is -1.10. The fraction of sp³-hybridized carbons (Fsp3) is 0.308. The second-order valence-electron chi connectivity index (χ2n) is 3.91. The fourth-order valence-electron chi connectivity index (χ4n) is 1.65. The lowest BCUT2D eigenvalue weighted by Crippen LogP contribution is -2.28. The number of thiophene rings is 1. The Bertz CT molecular complexity index is 507. The second-order valence-corrected chi connectivity index (χ2v) is 5.62. The van der Waals surface area contributed by atoms with E-state index in [4.69, 9.17) is 16.0 Å². The lowest BCUT2D eigenvalue weighted by molar-refractivity contribution is 0.0929. The van der Waals surface area contributed by atoms with Gasteiger partial charge in [0.15, 0.2) is 5.78 Å². The Morgan fingerprint density at radius 3 is 2.83 bits per heavy atom. The van der Waals surface area contributed by atoms with Crippen LogP contribution in [0.2, 0.25) is 4.34 Å². The smallest absolute Gasteiger partial charge is 0.186 e. The van der Waals surface area contributed by atoms with Crippen molar-refractivity contribution in [2.24, 2.45) is 0 Å². The normalized spacial score (nSPS) is 11.1. The summed E-state index contributed by atoms with van der Waals surface area (Å²) in [5, 5.41) is 0. The van der Waals surface area contributed by atoms with Crippen molar-refractivity contribution in [3.8, 4) is 0 Å². The summed E-state index contributed by atoms with van der Waals surface area (Å²) < 4.78 is 5.93. The quantitative estimate of drug-likeness (QED) is 0.758. The van der Waals surface area contributed by atoms with E-state index in [0.29, 0.717) is 22.3 Å². The van der Waals surface area contributed by atoms with Crippen molar-refractivity contribution in [2.75, 3.05) is 13.1 Å². The monoisotopic (exact) mass is 283 g/mol. The van der Waals surface area contributed by atoms with Crippen molar-refractivity contribution in [3.63, 3.8) is 0 Å². The Labute approximate surface area is 115 Å². The van der Waals surface area contributed by atoms with Crippen LogP contribution in [0.4, 0.5) is 0 Å². The van der Waals surface area contributed by atoms with Gasteiger partial charge in [0.2, 0.25) is 0 Å². The highest BCUT2D eigenvalue weighted by Gasteiger charge is 2.14. The number of likely N-dealkylation sites (N-methyl/N-ethyl adjacent to an activating group) is 1. The maximum absolute atomic E-state index is 12.0. The van der Waals surface area contributed by atoms with Crippen molar-refractivity contribution in [3.05, 3.63) is 45.5 Å². The molecule has 2 aromatic rings. The third-order valence-electron chi connectivity index (χ3n) is 2.62. The van der Waals surface area contributed by atoms with Gasteiger partial charge in [-0.3, -0.25) is 9.69 Å². The van der Waals surface area contributed by atoms with Crippen LogP contribution < -0.4 is 0 Å². The first-order valence-electron chi connectivity index (χ1n) is 5.72. The molecule has 5 heteroatoms. The molecule has 0 bridgehead atoms. The van der Waals surface area contributed by atoms with Gasteiger partial charge >= 0.3 is 0 Å². The standard InChI is InChI=1S/C13H14ClNO2S/c1-2-15(8-10-4-3-7-17-10)9-11(16)12-5-6-13(14)18-12/h3-7H,2,8-9H2,1H3. The van der Waals surface area contributed by atoms with E-state index < -0.39 is 0 Å². The van der Waals surface area contributed by atoms with Crippen LogP contribution in [-0.2, 0) is 6.54 Å². The van der Waals surface area contributed by atoms with E-state index in [-0.39, 0.29) is 5.78 Å². The molecule has 0 atom stereocenters. The Morgan fingerprint density at radius 2 is 2.28 bits per heavy atom. The molecule has 0 amide bonds. The number of ketones is 1. The van der Waals surface area contributed by atoms with Gasteiger partial charge in [-0.1, -0.05) is 18.5 Å². The van der Waals surface area contributed by atoms with Crippen LogP contribution in [0.5, 0.6) is 0 Å². The van der Waals surface area contributed by atoms with Gasteiger partial charge in [-0.25, -0.2) is 0 Å². The number of carbonyl (C=O) groups excluding carboxylic acids is 1. The van der Waals surface area contributed by atoms with Gasteiger partial charge < -0.3 is 4.42 Å². The maximum atomic E-state index is 12.0. The molecule has 2 aromatic heterocycles. The molecule has 0 saturated carbocycles. The highest BCUT2D eigenvalue weighted by atomic mass is 35.5. The van der Waals surface area contributed by atoms with E-state index in [2.05, 4.69) is 0 Å². The molecular weight excluding hydrogens is 270 g/mol. The zero-order valence-corrected chi connectivity index (χ0v) is 11.6. The maximum Gasteiger partial charge on any atom is 0.186 e. The molecule has 96 valence electrons. The van der Waals surface area contributed by atoms with Crippen LogP contribution in [0, 0.1) is 0 Å². The zero-order valence-electron chi connectivity index (χ0n) is 10.1. The van der Waals surface area contributed by atoms with E-state index >= 15 is 0 Å². The number of hydrogen-bond donors (Lipinski definition) is 0. The number of Topliss-reactive ketones (excluding diaryl/α,β-unsaturated/α-hetero) is 1. The molecule has 0 aromatic carbocycles. The first-order chi connectivity index (χ1) is 8.69. The Morgan fingerprint density at radius 1 is 1.44 bits per heavy atom. The summed E-state index contributed by atoms with van der Waals surface area (Å²) in [5.41, 5.74) is 0. The number of hydrogen-bond acceptors (Lipinski definition) is 4. The van der Waals surface area contributed by atoms with E-state index in [0.717, 1.165) is 12.3 Å². The van der Waals surface area contributed by atoms with Gasteiger partial charge in [0.25, 0.3) is 0 Å². The topological polar surface area (TPSA) is 33.5 Å². The molecule has 3 nitrogen and oxygen atoms in total. The molecule has 0 fully saturated rings. The van der Waals surface area contributed by atoms with E-state index in [1.807, 2.05) is 24.0 Å². The number of rotatable bonds is 6. The van der Waals surface area contributed by atoms with Gasteiger partial charge in [0.05, 0.1) is 28.6 Å². The predicted molar refractivity (Wildman–Crippen MR) is 73.3 cm³/mol. The molecule has 0 saturated heterocycles. The SMILES string of the molecule is CCN(CC(=O)c1ccc(Cl)s1)Cc1ccco1. The van der Waals surface area contributed by atoms with Crippen LogP contribution >= 0.6 is 22.9 Å². The number of halogens is 1. The van der Waals surface area contributed by atoms with Crippen LogP contribution in [0.25, 0.3) is 0 Å². The number of carbonyl (C=O) groups is 1. The molecule has 0 aliphatic carbocycles. The van der Waals surface area contributed by atoms with Crippen LogP contribution in [0.1, 0.15) is 22.4 Å². The molecule has 0 spiro atoms. The minimum Gasteiger partial charge on any atom is -0.468 e. The molecular formula is C13H14ClNO2S. The van der Waals surface area contributed by atoms with Crippen molar-refractivity contribution in [1.29, 1.82) is 0 Å². The summed E-state index contributed by atoms with van der Waals surface area (Å²) >= 11 is 7.15. The highest BCUT2D eigenvalue weighted by Crippen LogP contribution is 2.22. The second kappa shape index (κ2) is 6.18. The summed E-state index contributed by atoms with van der Waals surface area (Å²) in [6.45, 7) is 3.85. The molecule has 0 N–H and O–H groups in total. The van der Waals surface area contributed by atoms with Crippen molar-refractivity contribution in [1.82, 2.24) is 4.90 Å². The molecule has 18 heavy (non-hydrogen) atoms. The van der Waals surface area contributed by atoms with Crippen molar-refractivity contribution >= 4 is 28.7 Å². The van der Waals surface area contributed by atoms with Crippen LogP contribution in [0.3, 0.4) is 0 Å². The van der Waals surface area contributed by atoms with E-state index in [1.165, 1.54) is 11.3 Å². The van der Waals surface area contributed by atoms with E-state index in [9.17, 15) is 4.79 Å². The summed E-state index contributed by atoms with van der Waals surface area (Å²) in [5.74, 6) is 0.967. The third-order valence-corrected chi connectivity index (χ3v) is 3.89. The van der Waals surface area contributed by atoms with Crippen molar-refractivity contribution < 1.29 is 9.21 Å². The summed E-state index contributed by atoms with van der Waals surface area (Å²) in [6.07, 6.45) is 1.64. The van der Waals surface area contributed by atoms with Gasteiger partial charge in [0.1, 0.15) is 5.76 Å². The highest BCUT2D eigenvalue weighted by molar-refractivity contribution is 7.18. The Balaban J connectivity index is 1.96. The molecule has 2 rings (SSSR count). The molecule has 2 heterocycles. The fourth-order valence-corrected chi connectivity index (χ4v) is 2.62. The minimum absolute atomic E-state index is 0.0975. The van der Waals surface area contributed by atoms with Crippen LogP contribution in [0.15, 0.2) is 34.9 Å². The van der Waals surface area contributed by atoms with Crippen molar-refractivity contribution in [2.45, 2.75) is 13.5 Å². The summed E-state index contributed by atoms with van der Waals surface area (Å²) in [4.78, 5) is 14.8. The minimum atomic E-state index is 0.0975. The number of nitrogens with zero attached hydrogens (tertiary/aromatic N) is 1. The zero-order chi connectivity index (χ0) is 13.0. The number of furan rings is 1. The van der Waals surface area contributed by atoms with Gasteiger partial charge in [0, 0.05) is 0 Å². The average Bonchev–Trinajstić information content (AvgIpc) is 2.99. The first-order valence-corrected chi connectivity index (χ1v) is 6.91. The molecule has 0 unspecified atom stereocenters. The van der Waals surface area contributed by atoms with Gasteiger partial charge in [-0.05, 0) is 30.8 Å². The first kappa shape index (κ1) is 13.3. The average molecular weight is 284 g/mol. The van der Waals surface area contributed by atoms with Gasteiger partial charge in [-0.2, -0.15) is 0 Å². The largest absolute Gasteiger partial charge is 0.468 e. The van der Waals surface area contributed by atoms with Crippen LogP contribution in [-0.4, -0.2) is 23.8 Å².